The lowest BCUT2D eigenvalue weighted by molar-refractivity contribution is 0.632. The number of nitrogens with zero attached hydrogens (tertiary/aromatic N) is 2. The number of hydrogen-bond acceptors (Lipinski definition) is 3. The number of para-hydroxylation sites is 2. The largest absolute Gasteiger partial charge is 0.310 e. The fraction of sp³-hybridized carbons (Fsp3) is 0.167. The summed E-state index contributed by atoms with van der Waals surface area (Å²) in [5.41, 5.74) is 13.1. The van der Waals surface area contributed by atoms with E-state index in [0.717, 1.165) is 17.1 Å². The predicted molar refractivity (Wildman–Crippen MR) is 164 cm³/mol. The molecule has 0 spiro atoms. The Morgan fingerprint density at radius 1 is 0.513 bits per heavy atom. The van der Waals surface area contributed by atoms with Gasteiger partial charge in [0.15, 0.2) is 0 Å². The van der Waals surface area contributed by atoms with Gasteiger partial charge in [0.1, 0.15) is 0 Å². The van der Waals surface area contributed by atoms with Gasteiger partial charge in [-0.15, -0.1) is 0 Å². The Morgan fingerprint density at radius 2 is 1.05 bits per heavy atom. The van der Waals surface area contributed by atoms with Crippen molar-refractivity contribution in [1.82, 2.24) is 0 Å². The number of nitrogens with two attached hydrogens (primary N) is 1. The fourth-order valence-electron chi connectivity index (χ4n) is 6.69. The van der Waals surface area contributed by atoms with Crippen LogP contribution < -0.4 is 15.8 Å². The summed E-state index contributed by atoms with van der Waals surface area (Å²) in [6.07, 6.45) is 0. The van der Waals surface area contributed by atoms with Crippen LogP contribution >= 0.6 is 0 Å². The highest BCUT2D eigenvalue weighted by atomic mass is 15.4. The van der Waals surface area contributed by atoms with E-state index in [0.29, 0.717) is 0 Å². The highest BCUT2D eigenvalue weighted by Gasteiger charge is 2.38. The molecule has 3 nitrogen and oxygen atoms in total. The molecule has 0 atom stereocenters. The van der Waals surface area contributed by atoms with Crippen LogP contribution in [-0.4, -0.2) is 0 Å². The Bertz CT molecular complexity index is 1730. The SMILES string of the molecule is CC1(C)c2ccccc2-c2ccc(N(N)c3ccc4c(c3)C(C)(C)c3ccccc3N4c3ccccc3)cc21. The van der Waals surface area contributed by atoms with E-state index < -0.39 is 0 Å². The molecule has 0 saturated heterocycles. The Labute approximate surface area is 231 Å². The van der Waals surface area contributed by atoms with Crippen LogP contribution in [0.15, 0.2) is 115 Å². The van der Waals surface area contributed by atoms with E-state index in [9.17, 15) is 0 Å². The predicted octanol–water partition coefficient (Wildman–Crippen LogP) is 9.11. The van der Waals surface area contributed by atoms with Gasteiger partial charge in [-0.05, 0) is 81.9 Å². The second-order valence-electron chi connectivity index (χ2n) is 11.8. The molecule has 39 heavy (non-hydrogen) atoms. The van der Waals surface area contributed by atoms with E-state index >= 15 is 0 Å². The molecule has 1 heterocycles. The van der Waals surface area contributed by atoms with Crippen molar-refractivity contribution in [2.75, 3.05) is 9.91 Å². The maximum absolute atomic E-state index is 6.89. The summed E-state index contributed by atoms with van der Waals surface area (Å²) >= 11 is 0. The van der Waals surface area contributed by atoms with Gasteiger partial charge in [0.05, 0.1) is 22.7 Å². The number of benzene rings is 5. The van der Waals surface area contributed by atoms with Crippen molar-refractivity contribution in [3.63, 3.8) is 0 Å². The van der Waals surface area contributed by atoms with Crippen molar-refractivity contribution in [3.05, 3.63) is 138 Å². The standard InChI is InChI=1S/C36H33N3/c1-35(2)29-15-9-8-14-27(29)28-20-18-25(22-31(28)35)39(37)26-19-21-34-32(23-26)36(3,4)30-16-10-11-17-33(30)38(34)24-12-6-5-7-13-24/h5-23H,37H2,1-4H3. The molecule has 0 radical (unpaired) electrons. The van der Waals surface area contributed by atoms with E-state index in [4.69, 9.17) is 5.84 Å². The van der Waals surface area contributed by atoms with Crippen LogP contribution in [0.1, 0.15) is 49.9 Å². The molecular weight excluding hydrogens is 474 g/mol. The Hall–Kier alpha value is -4.34. The summed E-state index contributed by atoms with van der Waals surface area (Å²) in [6.45, 7) is 9.23. The van der Waals surface area contributed by atoms with E-state index in [2.05, 4.69) is 148 Å². The zero-order valence-corrected chi connectivity index (χ0v) is 22.9. The molecule has 192 valence electrons. The van der Waals surface area contributed by atoms with Crippen LogP contribution in [0.4, 0.5) is 28.4 Å². The maximum Gasteiger partial charge on any atom is 0.0579 e. The summed E-state index contributed by atoms with van der Waals surface area (Å²) < 4.78 is 0. The molecule has 0 amide bonds. The second-order valence-corrected chi connectivity index (χ2v) is 11.8. The fourth-order valence-corrected chi connectivity index (χ4v) is 6.69. The molecule has 0 aromatic heterocycles. The quantitative estimate of drug-likeness (QED) is 0.195. The van der Waals surface area contributed by atoms with E-state index in [1.165, 1.54) is 44.8 Å². The van der Waals surface area contributed by atoms with Crippen molar-refractivity contribution in [2.45, 2.75) is 38.5 Å². The Morgan fingerprint density at radius 3 is 1.82 bits per heavy atom. The van der Waals surface area contributed by atoms with E-state index in [-0.39, 0.29) is 10.8 Å². The van der Waals surface area contributed by atoms with Crippen LogP contribution in [0.5, 0.6) is 0 Å². The van der Waals surface area contributed by atoms with Crippen LogP contribution in [0.2, 0.25) is 0 Å². The van der Waals surface area contributed by atoms with Crippen LogP contribution in [0.25, 0.3) is 11.1 Å². The minimum atomic E-state index is -0.185. The minimum Gasteiger partial charge on any atom is -0.310 e. The third-order valence-corrected chi connectivity index (χ3v) is 8.85. The average Bonchev–Trinajstić information content (AvgIpc) is 3.19. The molecule has 5 aromatic carbocycles. The van der Waals surface area contributed by atoms with E-state index in [1.807, 2.05) is 5.01 Å². The lowest BCUT2D eigenvalue weighted by Gasteiger charge is -2.42. The zero-order valence-electron chi connectivity index (χ0n) is 22.9. The van der Waals surface area contributed by atoms with Gasteiger partial charge in [0.25, 0.3) is 0 Å². The molecule has 0 fully saturated rings. The monoisotopic (exact) mass is 507 g/mol. The molecule has 1 aliphatic carbocycles. The molecule has 0 bridgehead atoms. The zero-order chi connectivity index (χ0) is 26.9. The third kappa shape index (κ3) is 3.40. The molecule has 7 rings (SSSR count). The van der Waals surface area contributed by atoms with Crippen molar-refractivity contribution in [2.24, 2.45) is 5.84 Å². The molecule has 2 N–H and O–H groups in total. The number of fused-ring (bicyclic) bond motifs is 5. The summed E-state index contributed by atoms with van der Waals surface area (Å²) in [6, 6.07) is 41.4. The summed E-state index contributed by atoms with van der Waals surface area (Å²) in [7, 11) is 0. The lowest BCUT2D eigenvalue weighted by Crippen LogP contribution is -2.32. The molecule has 1 aliphatic heterocycles. The van der Waals surface area contributed by atoms with Gasteiger partial charge in [-0.25, -0.2) is 5.84 Å². The first kappa shape index (κ1) is 23.8. The second kappa shape index (κ2) is 8.33. The van der Waals surface area contributed by atoms with Gasteiger partial charge in [-0.1, -0.05) is 94.4 Å². The van der Waals surface area contributed by atoms with Crippen LogP contribution in [0, 0.1) is 0 Å². The number of rotatable bonds is 3. The summed E-state index contributed by atoms with van der Waals surface area (Å²) in [5.74, 6) is 6.89. The van der Waals surface area contributed by atoms with Gasteiger partial charge in [0, 0.05) is 16.5 Å². The summed E-state index contributed by atoms with van der Waals surface area (Å²) in [4.78, 5) is 2.37. The molecule has 0 saturated carbocycles. The van der Waals surface area contributed by atoms with Gasteiger partial charge in [-0.3, -0.25) is 5.01 Å². The summed E-state index contributed by atoms with van der Waals surface area (Å²) in [5, 5.41) is 1.84. The molecule has 0 unspecified atom stereocenters. The van der Waals surface area contributed by atoms with Crippen LogP contribution in [0.3, 0.4) is 0 Å². The normalized spacial score (nSPS) is 15.7. The van der Waals surface area contributed by atoms with Gasteiger partial charge in [0.2, 0.25) is 0 Å². The van der Waals surface area contributed by atoms with Gasteiger partial charge in [-0.2, -0.15) is 0 Å². The number of hydrogen-bond donors (Lipinski definition) is 1. The van der Waals surface area contributed by atoms with Gasteiger partial charge >= 0.3 is 0 Å². The number of hydrazine groups is 1. The smallest absolute Gasteiger partial charge is 0.0579 e. The van der Waals surface area contributed by atoms with E-state index in [1.54, 1.807) is 0 Å². The van der Waals surface area contributed by atoms with Crippen molar-refractivity contribution in [3.8, 4) is 11.1 Å². The lowest BCUT2D eigenvalue weighted by atomic mass is 9.73. The van der Waals surface area contributed by atoms with Crippen molar-refractivity contribution < 1.29 is 0 Å². The minimum absolute atomic E-state index is 0.0689. The first-order valence-electron chi connectivity index (χ1n) is 13.7. The maximum atomic E-state index is 6.89. The Kier molecular flexibility index (Phi) is 5.07. The molecule has 3 heteroatoms. The van der Waals surface area contributed by atoms with Crippen molar-refractivity contribution >= 4 is 28.4 Å². The highest BCUT2D eigenvalue weighted by molar-refractivity contribution is 5.88. The first-order chi connectivity index (χ1) is 18.8. The molecule has 2 aliphatic rings. The number of anilines is 5. The Balaban J connectivity index is 1.34. The average molecular weight is 508 g/mol. The topological polar surface area (TPSA) is 32.5 Å². The third-order valence-electron chi connectivity index (χ3n) is 8.85. The highest BCUT2D eigenvalue weighted by Crippen LogP contribution is 2.53. The van der Waals surface area contributed by atoms with Crippen molar-refractivity contribution in [1.29, 1.82) is 0 Å². The first-order valence-corrected chi connectivity index (χ1v) is 13.7. The molecule has 5 aromatic rings. The molecular formula is C36H33N3. The van der Waals surface area contributed by atoms with Gasteiger partial charge < -0.3 is 4.90 Å². The van der Waals surface area contributed by atoms with Crippen LogP contribution in [-0.2, 0) is 10.8 Å².